The molecule has 1 heterocycles. The van der Waals surface area contributed by atoms with Crippen LogP contribution in [0.4, 0.5) is 0 Å². The summed E-state index contributed by atoms with van der Waals surface area (Å²) in [6, 6.07) is 8.92. The Hall–Kier alpha value is -1.84. The Morgan fingerprint density at radius 1 is 1.26 bits per heavy atom. The number of piperazine rings is 1. The van der Waals surface area contributed by atoms with Gasteiger partial charge < -0.3 is 10.2 Å². The van der Waals surface area contributed by atoms with E-state index in [0.717, 1.165) is 12.1 Å². The zero-order valence-electron chi connectivity index (χ0n) is 11.0. The summed E-state index contributed by atoms with van der Waals surface area (Å²) in [6.07, 6.45) is 1.17. The summed E-state index contributed by atoms with van der Waals surface area (Å²) >= 11 is 0. The van der Waals surface area contributed by atoms with Crippen LogP contribution in [0, 0.1) is 11.8 Å². The molecule has 0 spiro atoms. The van der Waals surface area contributed by atoms with Crippen LogP contribution in [0.25, 0.3) is 0 Å². The summed E-state index contributed by atoms with van der Waals surface area (Å²) in [5.41, 5.74) is 0.856. The van der Waals surface area contributed by atoms with Crippen molar-refractivity contribution in [2.75, 3.05) is 13.1 Å². The molecule has 2 amide bonds. The van der Waals surface area contributed by atoms with Crippen molar-refractivity contribution in [2.24, 2.45) is 11.8 Å². The molecule has 3 atom stereocenters. The van der Waals surface area contributed by atoms with Gasteiger partial charge in [-0.25, -0.2) is 0 Å². The van der Waals surface area contributed by atoms with E-state index in [0.29, 0.717) is 11.8 Å². The SMILES string of the molecule is CC1CC1CN1CC(=O)NC(c2ccccc2)C1=O. The summed E-state index contributed by atoms with van der Waals surface area (Å²) in [7, 11) is 0. The van der Waals surface area contributed by atoms with Crippen molar-refractivity contribution in [3.05, 3.63) is 35.9 Å². The molecule has 100 valence electrons. The minimum absolute atomic E-state index is 0.0184. The Bertz CT molecular complexity index is 500. The third kappa shape index (κ3) is 2.48. The molecule has 3 unspecified atom stereocenters. The van der Waals surface area contributed by atoms with Crippen molar-refractivity contribution < 1.29 is 9.59 Å². The molecule has 2 fully saturated rings. The van der Waals surface area contributed by atoms with E-state index in [1.807, 2.05) is 30.3 Å². The van der Waals surface area contributed by atoms with E-state index in [1.54, 1.807) is 4.90 Å². The molecule has 1 aromatic carbocycles. The van der Waals surface area contributed by atoms with Gasteiger partial charge in [-0.3, -0.25) is 9.59 Å². The van der Waals surface area contributed by atoms with Crippen LogP contribution in [0.2, 0.25) is 0 Å². The monoisotopic (exact) mass is 258 g/mol. The summed E-state index contributed by atoms with van der Waals surface area (Å²) in [4.78, 5) is 25.9. The fourth-order valence-corrected chi connectivity index (χ4v) is 2.66. The zero-order chi connectivity index (χ0) is 13.4. The van der Waals surface area contributed by atoms with Gasteiger partial charge in [0, 0.05) is 6.54 Å². The lowest BCUT2D eigenvalue weighted by molar-refractivity contribution is -0.144. The Morgan fingerprint density at radius 3 is 2.58 bits per heavy atom. The van der Waals surface area contributed by atoms with Crippen molar-refractivity contribution in [2.45, 2.75) is 19.4 Å². The lowest BCUT2D eigenvalue weighted by Gasteiger charge is -2.32. The zero-order valence-corrected chi connectivity index (χ0v) is 11.0. The Morgan fingerprint density at radius 2 is 1.95 bits per heavy atom. The summed E-state index contributed by atoms with van der Waals surface area (Å²) in [5.74, 6) is 1.21. The van der Waals surface area contributed by atoms with Crippen LogP contribution >= 0.6 is 0 Å². The number of rotatable bonds is 3. The molecule has 1 N–H and O–H groups in total. The number of carbonyl (C=O) groups excluding carboxylic acids is 2. The first-order chi connectivity index (χ1) is 9.15. The van der Waals surface area contributed by atoms with E-state index >= 15 is 0 Å². The number of nitrogens with zero attached hydrogens (tertiary/aromatic N) is 1. The molecular formula is C15H18N2O2. The Labute approximate surface area is 112 Å². The van der Waals surface area contributed by atoms with Crippen molar-refractivity contribution >= 4 is 11.8 Å². The van der Waals surface area contributed by atoms with Crippen molar-refractivity contribution in [3.63, 3.8) is 0 Å². The minimum atomic E-state index is -0.517. The van der Waals surface area contributed by atoms with E-state index in [1.165, 1.54) is 6.42 Å². The number of carbonyl (C=O) groups is 2. The van der Waals surface area contributed by atoms with Gasteiger partial charge in [0.2, 0.25) is 11.8 Å². The number of hydrogen-bond acceptors (Lipinski definition) is 2. The first-order valence-corrected chi connectivity index (χ1v) is 6.78. The molecule has 0 aromatic heterocycles. The molecule has 1 saturated carbocycles. The molecule has 1 aliphatic carbocycles. The van der Waals surface area contributed by atoms with Crippen molar-refractivity contribution in [1.82, 2.24) is 10.2 Å². The largest absolute Gasteiger partial charge is 0.339 e. The fraction of sp³-hybridized carbons (Fsp3) is 0.467. The van der Waals surface area contributed by atoms with E-state index < -0.39 is 6.04 Å². The Kier molecular flexibility index (Phi) is 3.01. The molecule has 19 heavy (non-hydrogen) atoms. The quantitative estimate of drug-likeness (QED) is 0.889. The summed E-state index contributed by atoms with van der Waals surface area (Å²) < 4.78 is 0. The normalized spacial score (nSPS) is 30.2. The van der Waals surface area contributed by atoms with Crippen LogP contribution in [0.1, 0.15) is 24.9 Å². The molecule has 2 aliphatic rings. The second kappa shape index (κ2) is 4.68. The van der Waals surface area contributed by atoms with Gasteiger partial charge in [0.25, 0.3) is 0 Å². The van der Waals surface area contributed by atoms with Crippen LogP contribution < -0.4 is 5.32 Å². The first kappa shape index (κ1) is 12.2. The van der Waals surface area contributed by atoms with Crippen LogP contribution in [0.5, 0.6) is 0 Å². The maximum absolute atomic E-state index is 12.5. The predicted molar refractivity (Wildman–Crippen MR) is 71.2 cm³/mol. The first-order valence-electron chi connectivity index (χ1n) is 6.78. The number of amides is 2. The molecule has 3 rings (SSSR count). The van der Waals surface area contributed by atoms with Gasteiger partial charge >= 0.3 is 0 Å². The number of benzene rings is 1. The molecule has 1 aliphatic heterocycles. The third-order valence-corrected chi connectivity index (χ3v) is 4.06. The molecule has 0 bridgehead atoms. The molecule has 0 radical (unpaired) electrons. The smallest absolute Gasteiger partial charge is 0.250 e. The molecular weight excluding hydrogens is 240 g/mol. The molecule has 1 aromatic rings. The van der Waals surface area contributed by atoms with Gasteiger partial charge in [-0.05, 0) is 23.8 Å². The van der Waals surface area contributed by atoms with Crippen LogP contribution in [0.15, 0.2) is 30.3 Å². The maximum atomic E-state index is 12.5. The van der Waals surface area contributed by atoms with E-state index in [2.05, 4.69) is 12.2 Å². The van der Waals surface area contributed by atoms with Gasteiger partial charge in [0.05, 0.1) is 6.54 Å². The van der Waals surface area contributed by atoms with Gasteiger partial charge in [-0.1, -0.05) is 37.3 Å². The standard InChI is InChI=1S/C15H18N2O2/c1-10-7-12(10)8-17-9-13(18)16-14(15(17)19)11-5-3-2-4-6-11/h2-6,10,12,14H,7-9H2,1H3,(H,16,18). The maximum Gasteiger partial charge on any atom is 0.250 e. The lowest BCUT2D eigenvalue weighted by Crippen LogP contribution is -2.53. The van der Waals surface area contributed by atoms with Crippen molar-refractivity contribution in [3.8, 4) is 0 Å². The third-order valence-electron chi connectivity index (χ3n) is 4.06. The number of nitrogens with one attached hydrogen (secondary N) is 1. The summed E-state index contributed by atoms with van der Waals surface area (Å²) in [6.45, 7) is 3.11. The topological polar surface area (TPSA) is 49.4 Å². The van der Waals surface area contributed by atoms with Crippen LogP contribution in [-0.4, -0.2) is 29.8 Å². The van der Waals surface area contributed by atoms with Gasteiger partial charge in [-0.2, -0.15) is 0 Å². The van der Waals surface area contributed by atoms with Crippen molar-refractivity contribution in [1.29, 1.82) is 0 Å². The lowest BCUT2D eigenvalue weighted by atomic mass is 10.0. The molecule has 1 saturated heterocycles. The summed E-state index contributed by atoms with van der Waals surface area (Å²) in [5, 5.41) is 2.79. The van der Waals surface area contributed by atoms with Gasteiger partial charge in [0.15, 0.2) is 0 Å². The van der Waals surface area contributed by atoms with Crippen LogP contribution in [-0.2, 0) is 9.59 Å². The molecule has 4 nitrogen and oxygen atoms in total. The average Bonchev–Trinajstić information content (AvgIpc) is 3.10. The molecule has 4 heteroatoms. The Balaban J connectivity index is 1.77. The number of hydrogen-bond donors (Lipinski definition) is 1. The van der Waals surface area contributed by atoms with E-state index in [-0.39, 0.29) is 18.4 Å². The predicted octanol–water partition coefficient (Wildman–Crippen LogP) is 1.34. The highest BCUT2D eigenvalue weighted by Gasteiger charge is 2.39. The second-order valence-corrected chi connectivity index (χ2v) is 5.60. The highest BCUT2D eigenvalue weighted by atomic mass is 16.2. The second-order valence-electron chi connectivity index (χ2n) is 5.60. The highest BCUT2D eigenvalue weighted by molar-refractivity contribution is 5.95. The van der Waals surface area contributed by atoms with E-state index in [9.17, 15) is 9.59 Å². The van der Waals surface area contributed by atoms with E-state index in [4.69, 9.17) is 0 Å². The van der Waals surface area contributed by atoms with Crippen LogP contribution in [0.3, 0.4) is 0 Å². The fourth-order valence-electron chi connectivity index (χ4n) is 2.66. The highest BCUT2D eigenvalue weighted by Crippen LogP contribution is 2.38. The average molecular weight is 258 g/mol. The minimum Gasteiger partial charge on any atom is -0.339 e. The van der Waals surface area contributed by atoms with Gasteiger partial charge in [-0.15, -0.1) is 0 Å². The van der Waals surface area contributed by atoms with Gasteiger partial charge in [0.1, 0.15) is 6.04 Å².